The molecule has 0 saturated heterocycles. The Morgan fingerprint density at radius 3 is 2.69 bits per heavy atom. The zero-order valence-corrected chi connectivity index (χ0v) is 10.9. The summed E-state index contributed by atoms with van der Waals surface area (Å²) < 4.78 is 0. The Balaban J connectivity index is 2.97. The molecule has 4 nitrogen and oxygen atoms in total. The minimum atomic E-state index is 0.276. The molecule has 16 heavy (non-hydrogen) atoms. The second-order valence-corrected chi connectivity index (χ2v) is 4.66. The lowest BCUT2D eigenvalue weighted by atomic mass is 10.1. The molecule has 5 heteroatoms. The number of nitrogens with zero attached hydrogens (tertiary/aromatic N) is 3. The molecule has 1 N–H and O–H groups in total. The van der Waals surface area contributed by atoms with Crippen LogP contribution in [0.5, 0.6) is 0 Å². The predicted octanol–water partition coefficient (Wildman–Crippen LogP) is 2.13. The number of rotatable bonds is 4. The lowest BCUT2D eigenvalue weighted by Crippen LogP contribution is -2.20. The first-order valence-corrected chi connectivity index (χ1v) is 6.49. The van der Waals surface area contributed by atoms with Crippen LogP contribution in [0.4, 0.5) is 5.82 Å². The number of hydrogen-bond donors (Lipinski definition) is 1. The highest BCUT2D eigenvalue weighted by Crippen LogP contribution is 2.18. The van der Waals surface area contributed by atoms with E-state index in [1.807, 2.05) is 13.8 Å². The number of aromatic nitrogens is 2. The molecule has 1 unspecified atom stereocenters. The smallest absolute Gasteiger partial charge is 0.167 e. The largest absolute Gasteiger partial charge is 0.364 e. The second kappa shape index (κ2) is 5.71. The zero-order chi connectivity index (χ0) is 12.1. The molecule has 1 atom stereocenters. The van der Waals surface area contributed by atoms with Crippen molar-refractivity contribution in [1.29, 1.82) is 5.26 Å². The molecule has 1 aromatic rings. The van der Waals surface area contributed by atoms with Crippen LogP contribution in [0, 0.1) is 25.2 Å². The molecule has 1 aromatic heterocycles. The van der Waals surface area contributed by atoms with Gasteiger partial charge in [-0.25, -0.2) is 0 Å². The van der Waals surface area contributed by atoms with Crippen molar-refractivity contribution < 1.29 is 0 Å². The molecular formula is C11H16N4S. The third-order valence-electron chi connectivity index (χ3n) is 2.37. The minimum Gasteiger partial charge on any atom is -0.364 e. The maximum Gasteiger partial charge on any atom is 0.167 e. The maximum atomic E-state index is 9.10. The molecule has 0 aromatic carbocycles. The molecule has 86 valence electrons. The number of anilines is 1. The van der Waals surface area contributed by atoms with E-state index in [1.54, 1.807) is 11.8 Å². The van der Waals surface area contributed by atoms with Crippen LogP contribution in [-0.2, 0) is 0 Å². The number of nitrogens with one attached hydrogen (secondary N) is 1. The van der Waals surface area contributed by atoms with Crippen LogP contribution in [0.1, 0.15) is 23.7 Å². The summed E-state index contributed by atoms with van der Waals surface area (Å²) >= 11 is 1.76. The minimum absolute atomic E-state index is 0.276. The second-order valence-electron chi connectivity index (χ2n) is 3.75. The Morgan fingerprint density at radius 2 is 2.12 bits per heavy atom. The highest BCUT2D eigenvalue weighted by atomic mass is 32.2. The number of nitriles is 1. The standard InChI is InChI=1S/C11H16N4S/c1-7(6-16-4)13-11-10(5-12)8(2)9(3)14-15-11/h7H,6H2,1-4H3,(H,13,15). The van der Waals surface area contributed by atoms with Crippen molar-refractivity contribution >= 4 is 17.6 Å². The lowest BCUT2D eigenvalue weighted by Gasteiger charge is -2.14. The van der Waals surface area contributed by atoms with Crippen molar-refractivity contribution in [2.45, 2.75) is 26.8 Å². The zero-order valence-electron chi connectivity index (χ0n) is 10.0. The topological polar surface area (TPSA) is 61.6 Å². The highest BCUT2D eigenvalue weighted by Gasteiger charge is 2.12. The first-order valence-electron chi connectivity index (χ1n) is 5.09. The Morgan fingerprint density at radius 1 is 1.44 bits per heavy atom. The Labute approximate surface area is 100 Å². The molecule has 1 heterocycles. The van der Waals surface area contributed by atoms with Gasteiger partial charge in [-0.15, -0.1) is 5.10 Å². The fourth-order valence-corrected chi connectivity index (χ4v) is 1.95. The van der Waals surface area contributed by atoms with E-state index in [4.69, 9.17) is 5.26 Å². The molecule has 0 aliphatic rings. The first kappa shape index (κ1) is 12.8. The van der Waals surface area contributed by atoms with Crippen molar-refractivity contribution in [3.05, 3.63) is 16.8 Å². The Hall–Kier alpha value is -1.28. The van der Waals surface area contributed by atoms with Crippen molar-refractivity contribution in [3.8, 4) is 6.07 Å². The van der Waals surface area contributed by atoms with Crippen LogP contribution < -0.4 is 5.32 Å². The van der Waals surface area contributed by atoms with Crippen LogP contribution in [0.25, 0.3) is 0 Å². The maximum absolute atomic E-state index is 9.10. The molecule has 0 radical (unpaired) electrons. The molecule has 0 fully saturated rings. The van der Waals surface area contributed by atoms with Gasteiger partial charge >= 0.3 is 0 Å². The monoisotopic (exact) mass is 236 g/mol. The van der Waals surface area contributed by atoms with Crippen LogP contribution in [0.3, 0.4) is 0 Å². The molecule has 0 spiro atoms. The van der Waals surface area contributed by atoms with Crippen molar-refractivity contribution in [1.82, 2.24) is 10.2 Å². The number of thioether (sulfide) groups is 1. The van der Waals surface area contributed by atoms with Crippen molar-refractivity contribution in [2.75, 3.05) is 17.3 Å². The molecule has 0 aliphatic carbocycles. The molecule has 0 aliphatic heterocycles. The van der Waals surface area contributed by atoms with Crippen molar-refractivity contribution in [3.63, 3.8) is 0 Å². The Kier molecular flexibility index (Phi) is 4.56. The van der Waals surface area contributed by atoms with Crippen molar-refractivity contribution in [2.24, 2.45) is 0 Å². The number of hydrogen-bond acceptors (Lipinski definition) is 5. The summed E-state index contributed by atoms with van der Waals surface area (Å²) in [7, 11) is 0. The number of aryl methyl sites for hydroxylation is 1. The van der Waals surface area contributed by atoms with Gasteiger partial charge in [0.1, 0.15) is 11.6 Å². The fourth-order valence-electron chi connectivity index (χ4n) is 1.37. The van der Waals surface area contributed by atoms with Gasteiger partial charge < -0.3 is 5.32 Å². The van der Waals surface area contributed by atoms with E-state index in [2.05, 4.69) is 34.8 Å². The van der Waals surface area contributed by atoms with E-state index in [-0.39, 0.29) is 6.04 Å². The van der Waals surface area contributed by atoms with Gasteiger partial charge in [-0.05, 0) is 32.6 Å². The summed E-state index contributed by atoms with van der Waals surface area (Å²) in [6.07, 6.45) is 2.05. The van der Waals surface area contributed by atoms with Gasteiger partial charge in [0.05, 0.1) is 5.69 Å². The van der Waals surface area contributed by atoms with Crippen LogP contribution >= 0.6 is 11.8 Å². The van der Waals surface area contributed by atoms with Gasteiger partial charge in [-0.3, -0.25) is 0 Å². The molecule has 0 amide bonds. The lowest BCUT2D eigenvalue weighted by molar-refractivity contribution is 0.870. The normalized spacial score (nSPS) is 11.9. The van der Waals surface area contributed by atoms with E-state index < -0.39 is 0 Å². The summed E-state index contributed by atoms with van der Waals surface area (Å²) in [5.41, 5.74) is 2.30. The van der Waals surface area contributed by atoms with E-state index in [1.165, 1.54) is 0 Å². The first-order chi connectivity index (χ1) is 7.60. The summed E-state index contributed by atoms with van der Waals surface area (Å²) in [4.78, 5) is 0. The van der Waals surface area contributed by atoms with Crippen LogP contribution in [0.2, 0.25) is 0 Å². The summed E-state index contributed by atoms with van der Waals surface area (Å²) in [6, 6.07) is 2.46. The third kappa shape index (κ3) is 2.86. The average molecular weight is 236 g/mol. The van der Waals surface area contributed by atoms with E-state index in [0.717, 1.165) is 17.0 Å². The summed E-state index contributed by atoms with van der Waals surface area (Å²) in [6.45, 7) is 5.82. The van der Waals surface area contributed by atoms with Gasteiger partial charge in [0.25, 0.3) is 0 Å². The molecule has 0 saturated carbocycles. The molecular weight excluding hydrogens is 220 g/mol. The van der Waals surface area contributed by atoms with Gasteiger partial charge in [-0.1, -0.05) is 0 Å². The van der Waals surface area contributed by atoms with E-state index in [0.29, 0.717) is 11.4 Å². The predicted molar refractivity (Wildman–Crippen MR) is 67.7 cm³/mol. The fraction of sp³-hybridized carbons (Fsp3) is 0.545. The summed E-state index contributed by atoms with van der Waals surface area (Å²) in [5.74, 6) is 1.56. The van der Waals surface area contributed by atoms with Crippen LogP contribution in [0.15, 0.2) is 0 Å². The highest BCUT2D eigenvalue weighted by molar-refractivity contribution is 7.98. The van der Waals surface area contributed by atoms with E-state index >= 15 is 0 Å². The third-order valence-corrected chi connectivity index (χ3v) is 3.20. The van der Waals surface area contributed by atoms with Gasteiger partial charge in [-0.2, -0.15) is 22.1 Å². The Bertz CT molecular complexity index is 411. The van der Waals surface area contributed by atoms with Crippen LogP contribution in [-0.4, -0.2) is 28.2 Å². The quantitative estimate of drug-likeness (QED) is 0.867. The molecule has 1 rings (SSSR count). The SMILES string of the molecule is CSCC(C)Nc1nnc(C)c(C)c1C#N. The van der Waals surface area contributed by atoms with Gasteiger partial charge in [0, 0.05) is 11.8 Å². The molecule has 0 bridgehead atoms. The van der Waals surface area contributed by atoms with Gasteiger partial charge in [0.15, 0.2) is 5.82 Å². The average Bonchev–Trinajstić information content (AvgIpc) is 2.24. The van der Waals surface area contributed by atoms with Gasteiger partial charge in [0.2, 0.25) is 0 Å². The van der Waals surface area contributed by atoms with E-state index in [9.17, 15) is 0 Å². The summed E-state index contributed by atoms with van der Waals surface area (Å²) in [5, 5.41) is 20.4.